The van der Waals surface area contributed by atoms with Crippen LogP contribution in [0.5, 0.6) is 0 Å². The molecule has 0 aromatic heterocycles. The zero-order valence-corrected chi connectivity index (χ0v) is 14.2. The molecular weight excluding hydrogens is 337 g/mol. The maximum Gasteiger partial charge on any atom is 0.417 e. The van der Waals surface area contributed by atoms with Gasteiger partial charge in [-0.05, 0) is 30.7 Å². The third-order valence-corrected chi connectivity index (χ3v) is 5.85. The molecule has 2 aliphatic heterocycles. The second-order valence-corrected chi connectivity index (χ2v) is 7.39. The van der Waals surface area contributed by atoms with Gasteiger partial charge in [0.05, 0.1) is 11.1 Å². The van der Waals surface area contributed by atoms with Gasteiger partial charge in [0.25, 0.3) is 5.91 Å². The number of halogens is 3. The minimum Gasteiger partial charge on any atom is -0.337 e. The highest BCUT2D eigenvalue weighted by Crippen LogP contribution is 2.32. The molecule has 7 heteroatoms. The van der Waals surface area contributed by atoms with E-state index in [0.717, 1.165) is 37.8 Å². The number of carbonyl (C=O) groups is 1. The fourth-order valence-corrected chi connectivity index (χ4v) is 4.66. The van der Waals surface area contributed by atoms with E-state index >= 15 is 0 Å². The van der Waals surface area contributed by atoms with E-state index in [4.69, 9.17) is 0 Å². The van der Waals surface area contributed by atoms with Gasteiger partial charge in [0.15, 0.2) is 0 Å². The topological polar surface area (TPSA) is 23.6 Å². The van der Waals surface area contributed by atoms with E-state index in [-0.39, 0.29) is 5.56 Å². The molecule has 0 saturated carbocycles. The second-order valence-electron chi connectivity index (χ2n) is 6.24. The maximum absolute atomic E-state index is 13.1. The van der Waals surface area contributed by atoms with E-state index in [1.165, 1.54) is 24.0 Å². The Kier molecular flexibility index (Phi) is 5.39. The minimum absolute atomic E-state index is 0.241. The number of alkyl halides is 3. The molecule has 1 aromatic rings. The van der Waals surface area contributed by atoms with Crippen molar-refractivity contribution in [2.75, 3.05) is 37.7 Å². The fraction of sp³-hybridized carbons (Fsp3) is 0.588. The average Bonchev–Trinajstić information content (AvgIpc) is 2.98. The molecule has 132 valence electrons. The molecule has 2 heterocycles. The van der Waals surface area contributed by atoms with Crippen LogP contribution in [0.1, 0.15) is 28.8 Å². The lowest BCUT2D eigenvalue weighted by Gasteiger charge is -2.27. The number of amides is 1. The van der Waals surface area contributed by atoms with Crippen LogP contribution in [0.2, 0.25) is 0 Å². The Bertz CT molecular complexity index is 587. The molecule has 2 fully saturated rings. The van der Waals surface area contributed by atoms with E-state index < -0.39 is 17.6 Å². The highest BCUT2D eigenvalue weighted by molar-refractivity contribution is 7.99. The summed E-state index contributed by atoms with van der Waals surface area (Å²) in [5.74, 6) is 1.78. The first-order chi connectivity index (χ1) is 11.5. The van der Waals surface area contributed by atoms with Gasteiger partial charge in [-0.15, -0.1) is 0 Å². The molecule has 0 radical (unpaired) electrons. The zero-order chi connectivity index (χ0) is 17.2. The standard InChI is InChI=1S/C17H21F3N2OS/c18-17(19,20)15-5-2-1-4-14(15)16(23)22-8-3-7-21(9-10-22)13-6-11-24-12-13/h1-2,4-5,13H,3,6-12H2. The van der Waals surface area contributed by atoms with Gasteiger partial charge in [0.1, 0.15) is 0 Å². The van der Waals surface area contributed by atoms with Crippen LogP contribution in [-0.2, 0) is 6.18 Å². The number of benzene rings is 1. The lowest BCUT2D eigenvalue weighted by atomic mass is 10.1. The number of hydrogen-bond donors (Lipinski definition) is 0. The maximum atomic E-state index is 13.1. The van der Waals surface area contributed by atoms with Gasteiger partial charge in [-0.3, -0.25) is 9.69 Å². The Hall–Kier alpha value is -1.21. The molecule has 2 aliphatic rings. The van der Waals surface area contributed by atoms with E-state index in [0.29, 0.717) is 19.1 Å². The van der Waals surface area contributed by atoms with Crippen LogP contribution in [-0.4, -0.2) is 59.4 Å². The van der Waals surface area contributed by atoms with Crippen molar-refractivity contribution >= 4 is 17.7 Å². The van der Waals surface area contributed by atoms with Gasteiger partial charge < -0.3 is 4.90 Å². The molecule has 24 heavy (non-hydrogen) atoms. The molecule has 3 nitrogen and oxygen atoms in total. The van der Waals surface area contributed by atoms with Gasteiger partial charge >= 0.3 is 6.18 Å². The number of thioether (sulfide) groups is 1. The lowest BCUT2D eigenvalue weighted by molar-refractivity contribution is -0.138. The van der Waals surface area contributed by atoms with Crippen molar-refractivity contribution in [2.24, 2.45) is 0 Å². The lowest BCUT2D eigenvalue weighted by Crippen LogP contribution is -2.39. The second kappa shape index (κ2) is 7.35. The number of hydrogen-bond acceptors (Lipinski definition) is 3. The van der Waals surface area contributed by atoms with Crippen LogP contribution in [0.3, 0.4) is 0 Å². The van der Waals surface area contributed by atoms with E-state index in [1.807, 2.05) is 11.8 Å². The number of carbonyl (C=O) groups excluding carboxylic acids is 1. The van der Waals surface area contributed by atoms with Crippen molar-refractivity contribution in [1.82, 2.24) is 9.80 Å². The summed E-state index contributed by atoms with van der Waals surface area (Å²) in [5, 5.41) is 0. The summed E-state index contributed by atoms with van der Waals surface area (Å²) in [5.41, 5.74) is -1.09. The van der Waals surface area contributed by atoms with Crippen LogP contribution in [0, 0.1) is 0 Å². The average molecular weight is 358 g/mol. The van der Waals surface area contributed by atoms with Crippen molar-refractivity contribution < 1.29 is 18.0 Å². The van der Waals surface area contributed by atoms with Gasteiger partial charge in [-0.25, -0.2) is 0 Å². The molecule has 0 spiro atoms. The van der Waals surface area contributed by atoms with Gasteiger partial charge in [0.2, 0.25) is 0 Å². The van der Waals surface area contributed by atoms with Crippen LogP contribution in [0.15, 0.2) is 24.3 Å². The molecule has 0 N–H and O–H groups in total. The molecule has 1 unspecified atom stereocenters. The first-order valence-corrected chi connectivity index (χ1v) is 9.39. The van der Waals surface area contributed by atoms with Gasteiger partial charge in [-0.1, -0.05) is 12.1 Å². The summed E-state index contributed by atoms with van der Waals surface area (Å²) in [6, 6.07) is 5.62. The van der Waals surface area contributed by atoms with Crippen LogP contribution in [0.25, 0.3) is 0 Å². The third kappa shape index (κ3) is 3.88. The van der Waals surface area contributed by atoms with Gasteiger partial charge in [-0.2, -0.15) is 24.9 Å². The highest BCUT2D eigenvalue weighted by atomic mass is 32.2. The van der Waals surface area contributed by atoms with Crippen molar-refractivity contribution in [2.45, 2.75) is 25.1 Å². The summed E-state index contributed by atoms with van der Waals surface area (Å²) in [4.78, 5) is 16.6. The van der Waals surface area contributed by atoms with Gasteiger partial charge in [0, 0.05) is 38.0 Å². The first kappa shape index (κ1) is 17.6. The molecule has 0 bridgehead atoms. The summed E-state index contributed by atoms with van der Waals surface area (Å²) in [6.45, 7) is 2.66. The van der Waals surface area contributed by atoms with E-state index in [1.54, 1.807) is 4.90 Å². The third-order valence-electron chi connectivity index (χ3n) is 4.70. The first-order valence-electron chi connectivity index (χ1n) is 8.24. The Morgan fingerprint density at radius 2 is 1.92 bits per heavy atom. The summed E-state index contributed by atoms with van der Waals surface area (Å²) < 4.78 is 39.4. The molecule has 1 atom stereocenters. The van der Waals surface area contributed by atoms with Crippen molar-refractivity contribution in [1.29, 1.82) is 0 Å². The smallest absolute Gasteiger partial charge is 0.337 e. The Morgan fingerprint density at radius 1 is 1.12 bits per heavy atom. The number of rotatable bonds is 2. The Balaban J connectivity index is 1.72. The summed E-state index contributed by atoms with van der Waals surface area (Å²) in [7, 11) is 0. The Morgan fingerprint density at radius 3 is 2.62 bits per heavy atom. The van der Waals surface area contributed by atoms with Crippen molar-refractivity contribution in [3.05, 3.63) is 35.4 Å². The SMILES string of the molecule is O=C(c1ccccc1C(F)(F)F)N1CCCN(C2CCSC2)CC1. The molecule has 1 amide bonds. The molecule has 2 saturated heterocycles. The normalized spacial score (nSPS) is 23.3. The Labute approximate surface area is 144 Å². The van der Waals surface area contributed by atoms with Crippen LogP contribution < -0.4 is 0 Å². The molecule has 0 aliphatic carbocycles. The van der Waals surface area contributed by atoms with Crippen LogP contribution in [0.4, 0.5) is 13.2 Å². The minimum atomic E-state index is -4.51. The molecular formula is C17H21F3N2OS. The monoisotopic (exact) mass is 358 g/mol. The quantitative estimate of drug-likeness (QED) is 0.810. The largest absolute Gasteiger partial charge is 0.417 e. The predicted molar refractivity (Wildman–Crippen MR) is 89.3 cm³/mol. The molecule has 3 rings (SSSR count). The van der Waals surface area contributed by atoms with Crippen LogP contribution >= 0.6 is 11.8 Å². The van der Waals surface area contributed by atoms with Crippen molar-refractivity contribution in [3.63, 3.8) is 0 Å². The predicted octanol–water partition coefficient (Wildman–Crippen LogP) is 3.36. The molecule has 1 aromatic carbocycles. The zero-order valence-electron chi connectivity index (χ0n) is 13.4. The fourth-order valence-electron chi connectivity index (χ4n) is 3.40. The summed E-state index contributed by atoms with van der Waals surface area (Å²) in [6.07, 6.45) is -2.54. The van der Waals surface area contributed by atoms with E-state index in [2.05, 4.69) is 4.90 Å². The summed E-state index contributed by atoms with van der Waals surface area (Å²) >= 11 is 1.94. The van der Waals surface area contributed by atoms with E-state index in [9.17, 15) is 18.0 Å². The highest BCUT2D eigenvalue weighted by Gasteiger charge is 2.36. The number of nitrogens with zero attached hydrogens (tertiary/aromatic N) is 2. The van der Waals surface area contributed by atoms with Crippen molar-refractivity contribution in [3.8, 4) is 0 Å².